The SMILES string of the molecule is CCC(OC1CN(C(=O)OCc2ccccc2)CCC1c1ccc(OCCCOCc2ccccc2OC)cc1)c1cccc2[nH]c(=O)[nH]c12. The third-order valence-electron chi connectivity index (χ3n) is 9.12. The first kappa shape index (κ1) is 34.8. The predicted molar refractivity (Wildman–Crippen MR) is 192 cm³/mol. The lowest BCUT2D eigenvalue weighted by Crippen LogP contribution is -2.47. The number of ether oxygens (including phenoxy) is 5. The molecule has 0 radical (unpaired) electrons. The Morgan fingerprint density at radius 3 is 2.50 bits per heavy atom. The van der Waals surface area contributed by atoms with E-state index in [1.807, 2.05) is 84.9 Å². The summed E-state index contributed by atoms with van der Waals surface area (Å²) in [6.07, 6.45) is 1.17. The van der Waals surface area contributed by atoms with E-state index in [0.717, 1.165) is 51.2 Å². The highest BCUT2D eigenvalue weighted by Crippen LogP contribution is 2.37. The number of para-hydroxylation sites is 2. The number of hydrogen-bond donors (Lipinski definition) is 2. The largest absolute Gasteiger partial charge is 0.496 e. The van der Waals surface area contributed by atoms with Crippen molar-refractivity contribution in [2.45, 2.75) is 57.5 Å². The van der Waals surface area contributed by atoms with E-state index in [0.29, 0.717) is 45.8 Å². The molecule has 4 aromatic carbocycles. The zero-order chi connectivity index (χ0) is 34.7. The summed E-state index contributed by atoms with van der Waals surface area (Å²) in [6, 6.07) is 31.5. The van der Waals surface area contributed by atoms with Crippen LogP contribution in [0.1, 0.15) is 60.5 Å². The maximum atomic E-state index is 13.2. The molecule has 0 bridgehead atoms. The van der Waals surface area contributed by atoms with Crippen molar-refractivity contribution in [1.29, 1.82) is 0 Å². The van der Waals surface area contributed by atoms with Gasteiger partial charge in [0.1, 0.15) is 18.1 Å². The Kier molecular flexibility index (Phi) is 11.9. The predicted octanol–water partition coefficient (Wildman–Crippen LogP) is 7.51. The minimum Gasteiger partial charge on any atom is -0.496 e. The molecule has 2 heterocycles. The molecule has 1 aliphatic heterocycles. The number of H-pyrrole nitrogens is 2. The highest BCUT2D eigenvalue weighted by Gasteiger charge is 2.36. The number of aromatic nitrogens is 2. The van der Waals surface area contributed by atoms with Crippen molar-refractivity contribution in [1.82, 2.24) is 14.9 Å². The van der Waals surface area contributed by atoms with E-state index in [1.165, 1.54) is 0 Å². The fourth-order valence-electron chi connectivity index (χ4n) is 6.53. The number of piperidine rings is 1. The lowest BCUT2D eigenvalue weighted by molar-refractivity contribution is -0.0605. The van der Waals surface area contributed by atoms with Crippen molar-refractivity contribution in [2.24, 2.45) is 0 Å². The normalized spacial score (nSPS) is 16.6. The number of likely N-dealkylation sites (tertiary alicyclic amines) is 1. The maximum absolute atomic E-state index is 13.2. The van der Waals surface area contributed by atoms with Crippen molar-refractivity contribution >= 4 is 17.1 Å². The van der Waals surface area contributed by atoms with E-state index in [2.05, 4.69) is 29.0 Å². The van der Waals surface area contributed by atoms with Crippen LogP contribution < -0.4 is 15.2 Å². The molecule has 5 aromatic rings. The zero-order valence-electron chi connectivity index (χ0n) is 28.6. The van der Waals surface area contributed by atoms with Crippen LogP contribution in [0.15, 0.2) is 102 Å². The van der Waals surface area contributed by atoms with Gasteiger partial charge in [-0.05, 0) is 48.2 Å². The van der Waals surface area contributed by atoms with Gasteiger partial charge in [-0.3, -0.25) is 0 Å². The summed E-state index contributed by atoms with van der Waals surface area (Å²) in [5.74, 6) is 1.64. The molecule has 10 heteroatoms. The van der Waals surface area contributed by atoms with Crippen molar-refractivity contribution < 1.29 is 28.5 Å². The van der Waals surface area contributed by atoms with Gasteiger partial charge in [-0.2, -0.15) is 0 Å². The summed E-state index contributed by atoms with van der Waals surface area (Å²) in [5, 5.41) is 0. The smallest absolute Gasteiger partial charge is 0.410 e. The molecule has 3 atom stereocenters. The standard InChI is InChI=1S/C40H45N3O7/c1-3-35(33-14-9-15-34-38(33)42-39(44)41-34)50-37-25-43(40(45)49-26-28-11-5-4-6-12-28)22-21-32(37)29-17-19-31(20-18-29)48-24-10-23-47-27-30-13-7-8-16-36(30)46-2/h4-9,11-20,32,35,37H,3,10,21-27H2,1-2H3,(H2,41,42,44). The molecule has 0 saturated carbocycles. The first-order valence-corrected chi connectivity index (χ1v) is 17.3. The molecular weight excluding hydrogens is 634 g/mol. The average molecular weight is 680 g/mol. The highest BCUT2D eigenvalue weighted by atomic mass is 16.6. The maximum Gasteiger partial charge on any atom is 0.410 e. The minimum absolute atomic E-state index is 0.0316. The van der Waals surface area contributed by atoms with Gasteiger partial charge < -0.3 is 38.6 Å². The lowest BCUT2D eigenvalue weighted by Gasteiger charge is -2.39. The first-order valence-electron chi connectivity index (χ1n) is 17.3. The van der Waals surface area contributed by atoms with E-state index >= 15 is 0 Å². The van der Waals surface area contributed by atoms with E-state index in [4.69, 9.17) is 23.7 Å². The zero-order valence-corrected chi connectivity index (χ0v) is 28.6. The summed E-state index contributed by atoms with van der Waals surface area (Å²) < 4.78 is 29.9. The third-order valence-corrected chi connectivity index (χ3v) is 9.12. The van der Waals surface area contributed by atoms with E-state index in [1.54, 1.807) is 12.0 Å². The number of fused-ring (bicyclic) bond motifs is 1. The van der Waals surface area contributed by atoms with Crippen molar-refractivity contribution in [3.8, 4) is 11.5 Å². The summed E-state index contributed by atoms with van der Waals surface area (Å²) >= 11 is 0. The second kappa shape index (κ2) is 17.0. The van der Waals surface area contributed by atoms with Crippen LogP contribution in [0.5, 0.6) is 11.5 Å². The van der Waals surface area contributed by atoms with Gasteiger partial charge in [0, 0.05) is 30.0 Å². The van der Waals surface area contributed by atoms with Crippen LogP contribution in [0.4, 0.5) is 4.79 Å². The second-order valence-corrected chi connectivity index (χ2v) is 12.4. The van der Waals surface area contributed by atoms with Crippen LogP contribution in [-0.4, -0.2) is 60.5 Å². The number of carbonyl (C=O) groups excluding carboxylic acids is 1. The van der Waals surface area contributed by atoms with E-state index < -0.39 is 0 Å². The van der Waals surface area contributed by atoms with Gasteiger partial charge in [0.05, 0.1) is 56.7 Å². The Morgan fingerprint density at radius 1 is 0.900 bits per heavy atom. The molecular formula is C40H45N3O7. The number of methoxy groups -OCH3 is 1. The second-order valence-electron chi connectivity index (χ2n) is 12.4. The van der Waals surface area contributed by atoms with Gasteiger partial charge in [-0.1, -0.05) is 79.7 Å². The molecule has 6 rings (SSSR count). The molecule has 3 unspecified atom stereocenters. The minimum atomic E-state index is -0.360. The number of benzene rings is 4. The van der Waals surface area contributed by atoms with Gasteiger partial charge in [0.25, 0.3) is 0 Å². The van der Waals surface area contributed by atoms with Crippen molar-refractivity contribution in [3.63, 3.8) is 0 Å². The number of nitrogens with one attached hydrogen (secondary N) is 2. The summed E-state index contributed by atoms with van der Waals surface area (Å²) in [6.45, 7) is 4.79. The monoisotopic (exact) mass is 679 g/mol. The molecule has 0 aliphatic carbocycles. The van der Waals surface area contributed by atoms with Crippen LogP contribution in [0.2, 0.25) is 0 Å². The van der Waals surface area contributed by atoms with Crippen LogP contribution in [0.3, 0.4) is 0 Å². The first-order chi connectivity index (χ1) is 24.5. The van der Waals surface area contributed by atoms with Gasteiger partial charge in [0.15, 0.2) is 0 Å². The molecule has 50 heavy (non-hydrogen) atoms. The fraction of sp³-hybridized carbons (Fsp3) is 0.350. The molecule has 1 aromatic heterocycles. The molecule has 2 N–H and O–H groups in total. The number of hydrogen-bond acceptors (Lipinski definition) is 7. The number of carbonyl (C=O) groups is 1. The van der Waals surface area contributed by atoms with Crippen LogP contribution >= 0.6 is 0 Å². The molecule has 262 valence electrons. The lowest BCUT2D eigenvalue weighted by atomic mass is 9.86. The number of nitrogens with zero attached hydrogens (tertiary/aromatic N) is 1. The number of aromatic amines is 2. The summed E-state index contributed by atoms with van der Waals surface area (Å²) in [5.41, 5.74) is 5.19. The number of amides is 1. The Balaban J connectivity index is 1.10. The Bertz CT molecular complexity index is 1870. The van der Waals surface area contributed by atoms with Crippen LogP contribution in [0.25, 0.3) is 11.0 Å². The van der Waals surface area contributed by atoms with Crippen LogP contribution in [0, 0.1) is 0 Å². The van der Waals surface area contributed by atoms with Crippen molar-refractivity contribution in [3.05, 3.63) is 130 Å². The van der Waals surface area contributed by atoms with Gasteiger partial charge >= 0.3 is 11.8 Å². The molecule has 0 spiro atoms. The van der Waals surface area contributed by atoms with E-state index in [9.17, 15) is 9.59 Å². The Hall–Kier alpha value is -5.06. The molecule has 1 fully saturated rings. The van der Waals surface area contributed by atoms with Crippen LogP contribution in [-0.2, 0) is 27.4 Å². The molecule has 1 saturated heterocycles. The third kappa shape index (κ3) is 8.74. The van der Waals surface area contributed by atoms with Gasteiger partial charge in [0.2, 0.25) is 0 Å². The number of rotatable bonds is 15. The average Bonchev–Trinajstić information content (AvgIpc) is 3.55. The number of imidazole rings is 1. The van der Waals surface area contributed by atoms with E-state index in [-0.39, 0.29) is 36.5 Å². The summed E-state index contributed by atoms with van der Waals surface area (Å²) in [4.78, 5) is 32.9. The van der Waals surface area contributed by atoms with Crippen molar-refractivity contribution in [2.75, 3.05) is 33.4 Å². The summed E-state index contributed by atoms with van der Waals surface area (Å²) in [7, 11) is 1.66. The van der Waals surface area contributed by atoms with Gasteiger partial charge in [-0.15, -0.1) is 0 Å². The van der Waals surface area contributed by atoms with Gasteiger partial charge in [-0.25, -0.2) is 9.59 Å². The molecule has 1 amide bonds. The molecule has 1 aliphatic rings. The fourth-order valence-corrected chi connectivity index (χ4v) is 6.53. The Morgan fingerprint density at radius 2 is 1.70 bits per heavy atom. The topological polar surface area (TPSA) is 115 Å². The highest BCUT2D eigenvalue weighted by molar-refractivity contribution is 5.78. The quantitative estimate of drug-likeness (QED) is 0.110. The molecule has 10 nitrogen and oxygen atoms in total. The Labute approximate surface area is 292 Å².